The van der Waals surface area contributed by atoms with Gasteiger partial charge in [0.25, 0.3) is 5.91 Å². The maximum absolute atomic E-state index is 12.0. The molecule has 0 aliphatic carbocycles. The van der Waals surface area contributed by atoms with Crippen molar-refractivity contribution >= 4 is 28.7 Å². The van der Waals surface area contributed by atoms with Crippen LogP contribution >= 0.6 is 0 Å². The van der Waals surface area contributed by atoms with Crippen LogP contribution in [0.4, 0.5) is 10.5 Å². The summed E-state index contributed by atoms with van der Waals surface area (Å²) in [7, 11) is 1.29. The van der Waals surface area contributed by atoms with Crippen LogP contribution in [-0.2, 0) is 16.1 Å². The molecule has 0 fully saturated rings. The van der Waals surface area contributed by atoms with Gasteiger partial charge in [0.15, 0.2) is 6.61 Å². The van der Waals surface area contributed by atoms with Crippen molar-refractivity contribution in [2.75, 3.05) is 19.0 Å². The number of hydrogen-bond donors (Lipinski definition) is 2. The van der Waals surface area contributed by atoms with Crippen molar-refractivity contribution in [3.8, 4) is 5.75 Å². The van der Waals surface area contributed by atoms with Crippen molar-refractivity contribution < 1.29 is 23.5 Å². The number of rotatable bonds is 6. The van der Waals surface area contributed by atoms with Crippen LogP contribution in [0.25, 0.3) is 11.0 Å². The van der Waals surface area contributed by atoms with Crippen LogP contribution in [0, 0.1) is 0 Å². The van der Waals surface area contributed by atoms with Gasteiger partial charge in [-0.15, -0.1) is 0 Å². The highest BCUT2D eigenvalue weighted by atomic mass is 16.5. The van der Waals surface area contributed by atoms with Crippen molar-refractivity contribution in [3.63, 3.8) is 0 Å². The first-order chi connectivity index (χ1) is 13.5. The Balaban J connectivity index is 1.49. The second-order valence-electron chi connectivity index (χ2n) is 5.83. The van der Waals surface area contributed by atoms with Crippen LogP contribution < -0.4 is 21.0 Å². The summed E-state index contributed by atoms with van der Waals surface area (Å²) in [6.07, 6.45) is -0.550. The highest BCUT2D eigenvalue weighted by Gasteiger charge is 2.06. The minimum Gasteiger partial charge on any atom is -0.484 e. The Morgan fingerprint density at radius 2 is 1.79 bits per heavy atom. The predicted octanol–water partition coefficient (Wildman–Crippen LogP) is 2.67. The zero-order valence-electron chi connectivity index (χ0n) is 15.1. The zero-order valence-corrected chi connectivity index (χ0v) is 15.1. The van der Waals surface area contributed by atoms with E-state index in [1.54, 1.807) is 48.5 Å². The predicted molar refractivity (Wildman–Crippen MR) is 102 cm³/mol. The van der Waals surface area contributed by atoms with E-state index in [0.717, 1.165) is 10.9 Å². The van der Waals surface area contributed by atoms with Gasteiger partial charge in [-0.3, -0.25) is 10.1 Å². The van der Waals surface area contributed by atoms with Crippen molar-refractivity contribution in [1.29, 1.82) is 0 Å². The number of fused-ring (bicyclic) bond motifs is 1. The van der Waals surface area contributed by atoms with Gasteiger partial charge in [-0.25, -0.2) is 9.59 Å². The number of amides is 2. The second kappa shape index (κ2) is 8.72. The van der Waals surface area contributed by atoms with E-state index in [9.17, 15) is 14.4 Å². The van der Waals surface area contributed by atoms with Crippen molar-refractivity contribution in [2.24, 2.45) is 0 Å². The lowest BCUT2D eigenvalue weighted by Crippen LogP contribution is -2.28. The van der Waals surface area contributed by atoms with Crippen molar-refractivity contribution in [2.45, 2.75) is 6.54 Å². The third-order valence-corrected chi connectivity index (χ3v) is 3.84. The third kappa shape index (κ3) is 5.10. The molecule has 3 rings (SSSR count). The standard InChI is InChI=1S/C20H18N2O6/c1-26-20(25)22-15-6-2-13(3-7-15)11-21-18(23)12-27-16-8-4-14-5-9-19(24)28-17(14)10-16/h2-10H,11-12H2,1H3,(H,21,23)(H,22,25). The normalized spacial score (nSPS) is 10.3. The van der Waals surface area contributed by atoms with E-state index >= 15 is 0 Å². The number of benzene rings is 2. The van der Waals surface area contributed by atoms with E-state index < -0.39 is 11.7 Å². The third-order valence-electron chi connectivity index (χ3n) is 3.84. The van der Waals surface area contributed by atoms with E-state index in [1.807, 2.05) is 0 Å². The maximum atomic E-state index is 12.0. The summed E-state index contributed by atoms with van der Waals surface area (Å²) in [5.74, 6) is 0.126. The van der Waals surface area contributed by atoms with Crippen LogP contribution in [-0.4, -0.2) is 25.7 Å². The number of anilines is 1. The largest absolute Gasteiger partial charge is 0.484 e. The van der Waals surface area contributed by atoms with E-state index in [0.29, 0.717) is 23.6 Å². The molecule has 8 nitrogen and oxygen atoms in total. The highest BCUT2D eigenvalue weighted by molar-refractivity contribution is 5.84. The number of carbonyl (C=O) groups excluding carboxylic acids is 2. The Bertz CT molecular complexity index is 1040. The van der Waals surface area contributed by atoms with Gasteiger partial charge in [0, 0.05) is 29.8 Å². The molecule has 1 aromatic heterocycles. The summed E-state index contributed by atoms with van der Waals surface area (Å²) in [5, 5.41) is 6.05. The van der Waals surface area contributed by atoms with E-state index in [1.165, 1.54) is 13.2 Å². The molecule has 0 radical (unpaired) electrons. The van der Waals surface area contributed by atoms with Crippen LogP contribution in [0.1, 0.15) is 5.56 Å². The topological polar surface area (TPSA) is 107 Å². The molecule has 1 heterocycles. The Labute approximate surface area is 160 Å². The number of nitrogens with one attached hydrogen (secondary N) is 2. The first-order valence-corrected chi connectivity index (χ1v) is 8.41. The summed E-state index contributed by atoms with van der Waals surface area (Å²) >= 11 is 0. The van der Waals surface area contributed by atoms with E-state index in [4.69, 9.17) is 9.15 Å². The average molecular weight is 382 g/mol. The van der Waals surface area contributed by atoms with Gasteiger partial charge in [-0.2, -0.15) is 0 Å². The molecular formula is C20H18N2O6. The Kier molecular flexibility index (Phi) is 5.91. The Hall–Kier alpha value is -3.81. The van der Waals surface area contributed by atoms with Gasteiger partial charge in [-0.05, 0) is 35.9 Å². The summed E-state index contributed by atoms with van der Waals surface area (Å²) in [5.41, 5.74) is 1.39. The van der Waals surface area contributed by atoms with Gasteiger partial charge in [0.1, 0.15) is 11.3 Å². The molecule has 0 atom stereocenters. The smallest absolute Gasteiger partial charge is 0.411 e. The van der Waals surface area contributed by atoms with Crippen LogP contribution in [0.3, 0.4) is 0 Å². The minimum atomic E-state index is -0.550. The molecule has 0 spiro atoms. The molecule has 3 aromatic rings. The van der Waals surface area contributed by atoms with Crippen LogP contribution in [0.2, 0.25) is 0 Å². The number of methoxy groups -OCH3 is 1. The maximum Gasteiger partial charge on any atom is 0.411 e. The lowest BCUT2D eigenvalue weighted by molar-refractivity contribution is -0.123. The molecule has 2 aromatic carbocycles. The monoisotopic (exact) mass is 382 g/mol. The van der Waals surface area contributed by atoms with Gasteiger partial charge in [-0.1, -0.05) is 12.1 Å². The summed E-state index contributed by atoms with van der Waals surface area (Å²) in [6, 6.07) is 15.0. The molecule has 144 valence electrons. The number of ether oxygens (including phenoxy) is 2. The van der Waals surface area contributed by atoms with Gasteiger partial charge < -0.3 is 19.2 Å². The number of hydrogen-bond acceptors (Lipinski definition) is 6. The van der Waals surface area contributed by atoms with Crippen molar-refractivity contribution in [1.82, 2.24) is 5.32 Å². The molecule has 0 saturated heterocycles. The fourth-order valence-corrected chi connectivity index (χ4v) is 2.41. The fourth-order valence-electron chi connectivity index (χ4n) is 2.41. The molecule has 8 heteroatoms. The van der Waals surface area contributed by atoms with Crippen LogP contribution in [0.15, 0.2) is 63.8 Å². The highest BCUT2D eigenvalue weighted by Crippen LogP contribution is 2.19. The summed E-state index contributed by atoms with van der Waals surface area (Å²) in [4.78, 5) is 34.4. The van der Waals surface area contributed by atoms with Crippen LogP contribution in [0.5, 0.6) is 5.75 Å². The zero-order chi connectivity index (χ0) is 19.9. The lowest BCUT2D eigenvalue weighted by Gasteiger charge is -2.09. The Morgan fingerprint density at radius 3 is 2.54 bits per heavy atom. The Morgan fingerprint density at radius 1 is 1.04 bits per heavy atom. The molecular weight excluding hydrogens is 364 g/mol. The quantitative estimate of drug-likeness (QED) is 0.635. The van der Waals surface area contributed by atoms with E-state index in [2.05, 4.69) is 15.4 Å². The first kappa shape index (κ1) is 19.0. The van der Waals surface area contributed by atoms with Gasteiger partial charge >= 0.3 is 11.7 Å². The van der Waals surface area contributed by atoms with Gasteiger partial charge in [0.2, 0.25) is 0 Å². The molecule has 0 unspecified atom stereocenters. The molecule has 0 aliphatic heterocycles. The first-order valence-electron chi connectivity index (χ1n) is 8.41. The summed E-state index contributed by atoms with van der Waals surface area (Å²) < 4.78 is 15.0. The molecule has 0 bridgehead atoms. The second-order valence-corrected chi connectivity index (χ2v) is 5.83. The summed E-state index contributed by atoms with van der Waals surface area (Å²) in [6.45, 7) is 0.137. The molecule has 2 N–H and O–H groups in total. The molecule has 2 amide bonds. The SMILES string of the molecule is COC(=O)Nc1ccc(CNC(=O)COc2ccc3ccc(=O)oc3c2)cc1. The van der Waals surface area contributed by atoms with E-state index in [-0.39, 0.29) is 12.5 Å². The van der Waals surface area contributed by atoms with Gasteiger partial charge in [0.05, 0.1) is 7.11 Å². The molecule has 28 heavy (non-hydrogen) atoms. The molecule has 0 saturated carbocycles. The lowest BCUT2D eigenvalue weighted by atomic mass is 10.2. The average Bonchev–Trinajstić information content (AvgIpc) is 2.71. The minimum absolute atomic E-state index is 0.176. The number of carbonyl (C=O) groups is 2. The fraction of sp³-hybridized carbons (Fsp3) is 0.150. The molecule has 0 aliphatic rings. The van der Waals surface area contributed by atoms with Crippen molar-refractivity contribution in [3.05, 3.63) is 70.6 Å².